The van der Waals surface area contributed by atoms with Gasteiger partial charge in [0, 0.05) is 15.1 Å². The molecular weight excluding hydrogens is 426 g/mol. The van der Waals surface area contributed by atoms with E-state index in [-0.39, 0.29) is 5.11 Å². The third kappa shape index (κ3) is 6.19. The molecule has 0 spiro atoms. The number of thiocarbonyl (C=S) groups is 1. The predicted octanol–water partition coefficient (Wildman–Crippen LogP) is 4.25. The van der Waals surface area contributed by atoms with Crippen LogP contribution in [0, 0.1) is 0 Å². The molecule has 0 bridgehead atoms. The highest BCUT2D eigenvalue weighted by atomic mass is 79.9. The molecule has 0 fully saturated rings. The lowest BCUT2D eigenvalue weighted by Crippen LogP contribution is -2.24. The Hall–Kier alpha value is -1.83. The highest BCUT2D eigenvalue weighted by Crippen LogP contribution is 2.33. The van der Waals surface area contributed by atoms with E-state index < -0.39 is 0 Å². The van der Waals surface area contributed by atoms with Crippen molar-refractivity contribution in [3.05, 3.63) is 57.0 Å². The van der Waals surface area contributed by atoms with Crippen LogP contribution in [0.1, 0.15) is 18.1 Å². The van der Waals surface area contributed by atoms with E-state index in [0.29, 0.717) is 29.7 Å². The van der Waals surface area contributed by atoms with Crippen molar-refractivity contribution < 1.29 is 9.47 Å². The maximum atomic E-state index is 5.90. The van der Waals surface area contributed by atoms with E-state index in [4.69, 9.17) is 39.0 Å². The van der Waals surface area contributed by atoms with Gasteiger partial charge < -0.3 is 15.2 Å². The summed E-state index contributed by atoms with van der Waals surface area (Å²) in [6.07, 6.45) is 1.59. The molecule has 3 N–H and O–H groups in total. The summed E-state index contributed by atoms with van der Waals surface area (Å²) in [5.74, 6) is 1.25. The Labute approximate surface area is 165 Å². The Morgan fingerprint density at radius 1 is 1.28 bits per heavy atom. The smallest absolute Gasteiger partial charge is 0.184 e. The first-order chi connectivity index (χ1) is 12.0. The number of nitrogens with zero attached hydrogens (tertiary/aromatic N) is 1. The molecule has 0 aliphatic rings. The van der Waals surface area contributed by atoms with Crippen LogP contribution in [0.15, 0.2) is 46.0 Å². The standard InChI is InChI=1S/C17H17BrClN3O2S/c1-2-23-15-7-12(9-21-22-17(20)25)14(18)8-16(15)24-10-11-3-5-13(19)6-4-11/h3-9H,2,10H2,1H3,(H3,20,22,25)/b21-9-. The van der Waals surface area contributed by atoms with Gasteiger partial charge in [-0.05, 0) is 64.9 Å². The minimum atomic E-state index is 0.0975. The molecule has 2 aromatic carbocycles. The number of benzene rings is 2. The average molecular weight is 443 g/mol. The number of halogens is 2. The van der Waals surface area contributed by atoms with Gasteiger partial charge in [0.25, 0.3) is 0 Å². The fraction of sp³-hybridized carbons (Fsp3) is 0.176. The van der Waals surface area contributed by atoms with Crippen LogP contribution in [0.3, 0.4) is 0 Å². The molecule has 2 rings (SSSR count). The maximum absolute atomic E-state index is 5.90. The maximum Gasteiger partial charge on any atom is 0.184 e. The van der Waals surface area contributed by atoms with Gasteiger partial charge in [-0.3, -0.25) is 5.43 Å². The number of nitrogens with two attached hydrogens (primary N) is 1. The summed E-state index contributed by atoms with van der Waals surface area (Å²) in [6.45, 7) is 2.83. The summed E-state index contributed by atoms with van der Waals surface area (Å²) in [6, 6.07) is 11.2. The third-order valence-corrected chi connectivity index (χ3v) is 4.08. The van der Waals surface area contributed by atoms with E-state index in [0.717, 1.165) is 15.6 Å². The van der Waals surface area contributed by atoms with Gasteiger partial charge in [0.2, 0.25) is 0 Å². The zero-order chi connectivity index (χ0) is 18.2. The molecular formula is C17H17BrClN3O2S. The lowest BCUT2D eigenvalue weighted by Gasteiger charge is -2.14. The monoisotopic (exact) mass is 441 g/mol. The van der Waals surface area contributed by atoms with Crippen LogP contribution in [0.2, 0.25) is 5.02 Å². The van der Waals surface area contributed by atoms with Gasteiger partial charge >= 0.3 is 0 Å². The van der Waals surface area contributed by atoms with Crippen LogP contribution in [0.4, 0.5) is 0 Å². The highest BCUT2D eigenvalue weighted by molar-refractivity contribution is 9.10. The summed E-state index contributed by atoms with van der Waals surface area (Å²) in [5.41, 5.74) is 9.66. The fourth-order valence-corrected chi connectivity index (χ4v) is 2.54. The molecule has 132 valence electrons. The van der Waals surface area contributed by atoms with E-state index in [1.54, 1.807) is 6.21 Å². The third-order valence-electron chi connectivity index (χ3n) is 3.05. The van der Waals surface area contributed by atoms with E-state index in [2.05, 4.69) is 26.5 Å². The predicted molar refractivity (Wildman–Crippen MR) is 109 cm³/mol. The van der Waals surface area contributed by atoms with Gasteiger partial charge in [0.05, 0.1) is 12.8 Å². The second-order valence-corrected chi connectivity index (χ2v) is 6.63. The summed E-state index contributed by atoms with van der Waals surface area (Å²) >= 11 is 14.1. The van der Waals surface area contributed by atoms with Crippen LogP contribution in [0.5, 0.6) is 11.5 Å². The normalized spacial score (nSPS) is 10.7. The Bertz CT molecular complexity index is 769. The van der Waals surface area contributed by atoms with Crippen molar-refractivity contribution in [1.82, 2.24) is 5.43 Å². The molecule has 0 amide bonds. The van der Waals surface area contributed by atoms with Gasteiger partial charge in [-0.15, -0.1) is 0 Å². The fourth-order valence-electron chi connectivity index (χ4n) is 1.94. The topological polar surface area (TPSA) is 68.9 Å². The zero-order valence-corrected chi connectivity index (χ0v) is 16.6. The minimum Gasteiger partial charge on any atom is -0.490 e. The van der Waals surface area contributed by atoms with Gasteiger partial charge in [0.15, 0.2) is 16.6 Å². The molecule has 0 saturated heterocycles. The molecule has 5 nitrogen and oxygen atoms in total. The molecule has 2 aromatic rings. The zero-order valence-electron chi connectivity index (χ0n) is 13.5. The number of ether oxygens (including phenoxy) is 2. The van der Waals surface area contributed by atoms with Crippen molar-refractivity contribution in [3.8, 4) is 11.5 Å². The van der Waals surface area contributed by atoms with E-state index >= 15 is 0 Å². The van der Waals surface area contributed by atoms with E-state index in [1.165, 1.54) is 0 Å². The van der Waals surface area contributed by atoms with Crippen molar-refractivity contribution in [2.75, 3.05) is 6.61 Å². The largest absolute Gasteiger partial charge is 0.490 e. The first-order valence-corrected chi connectivity index (χ1v) is 8.99. The molecule has 0 saturated carbocycles. The molecule has 0 aromatic heterocycles. The second-order valence-electron chi connectivity index (χ2n) is 4.90. The highest BCUT2D eigenvalue weighted by Gasteiger charge is 2.10. The summed E-state index contributed by atoms with van der Waals surface area (Å²) in [5, 5.41) is 4.74. The van der Waals surface area contributed by atoms with Gasteiger partial charge in [-0.25, -0.2) is 0 Å². The Balaban J connectivity index is 2.18. The number of rotatable bonds is 7. The van der Waals surface area contributed by atoms with Crippen molar-refractivity contribution in [1.29, 1.82) is 0 Å². The number of hydrazone groups is 1. The first kappa shape index (κ1) is 19.5. The van der Waals surface area contributed by atoms with Crippen LogP contribution >= 0.6 is 39.7 Å². The quantitative estimate of drug-likeness (QED) is 0.381. The summed E-state index contributed by atoms with van der Waals surface area (Å²) < 4.78 is 12.4. The Morgan fingerprint density at radius 2 is 1.96 bits per heavy atom. The van der Waals surface area contributed by atoms with Crippen molar-refractivity contribution >= 4 is 51.1 Å². The van der Waals surface area contributed by atoms with Crippen LogP contribution in [-0.2, 0) is 6.61 Å². The van der Waals surface area contributed by atoms with Crippen molar-refractivity contribution in [3.63, 3.8) is 0 Å². The molecule has 0 atom stereocenters. The minimum absolute atomic E-state index is 0.0975. The Morgan fingerprint density at radius 3 is 2.60 bits per heavy atom. The molecule has 25 heavy (non-hydrogen) atoms. The Kier molecular flexibility index (Phi) is 7.49. The average Bonchev–Trinajstić information content (AvgIpc) is 2.57. The molecule has 0 radical (unpaired) electrons. The first-order valence-electron chi connectivity index (χ1n) is 7.41. The van der Waals surface area contributed by atoms with Crippen LogP contribution in [-0.4, -0.2) is 17.9 Å². The lowest BCUT2D eigenvalue weighted by atomic mass is 10.2. The molecule has 0 unspecified atom stereocenters. The lowest BCUT2D eigenvalue weighted by molar-refractivity contribution is 0.269. The number of hydrogen-bond donors (Lipinski definition) is 2. The van der Waals surface area contributed by atoms with Gasteiger partial charge in [-0.2, -0.15) is 5.10 Å². The summed E-state index contributed by atoms with van der Waals surface area (Å²) in [4.78, 5) is 0. The van der Waals surface area contributed by atoms with Crippen LogP contribution < -0.4 is 20.6 Å². The summed E-state index contributed by atoms with van der Waals surface area (Å²) in [7, 11) is 0. The molecule has 0 heterocycles. The molecule has 0 aliphatic carbocycles. The number of nitrogens with one attached hydrogen (secondary N) is 1. The number of hydrogen-bond acceptors (Lipinski definition) is 4. The van der Waals surface area contributed by atoms with Crippen LogP contribution in [0.25, 0.3) is 0 Å². The van der Waals surface area contributed by atoms with Crippen molar-refractivity contribution in [2.45, 2.75) is 13.5 Å². The van der Waals surface area contributed by atoms with Gasteiger partial charge in [-0.1, -0.05) is 23.7 Å². The second kappa shape index (κ2) is 9.60. The SMILES string of the molecule is CCOc1cc(/C=N\NC(N)=S)c(Br)cc1OCc1ccc(Cl)cc1. The van der Waals surface area contributed by atoms with E-state index in [1.807, 2.05) is 43.3 Å². The molecule has 8 heteroatoms. The van der Waals surface area contributed by atoms with E-state index in [9.17, 15) is 0 Å². The van der Waals surface area contributed by atoms with Crippen molar-refractivity contribution in [2.24, 2.45) is 10.8 Å². The molecule has 0 aliphatic heterocycles. The van der Waals surface area contributed by atoms with Gasteiger partial charge in [0.1, 0.15) is 6.61 Å².